The minimum absolute atomic E-state index is 0. The van der Waals surface area contributed by atoms with E-state index in [9.17, 15) is 14.4 Å². The van der Waals surface area contributed by atoms with E-state index in [0.29, 0.717) is 11.1 Å². The van der Waals surface area contributed by atoms with E-state index in [-0.39, 0.29) is 48.1 Å². The number of nitrogens with two attached hydrogens (primary N) is 1. The molecule has 142 valence electrons. The van der Waals surface area contributed by atoms with Crippen LogP contribution in [0.25, 0.3) is 0 Å². The summed E-state index contributed by atoms with van der Waals surface area (Å²) in [6.07, 6.45) is 3.42. The Kier molecular flexibility index (Phi) is 6.42. The molecule has 3 amide bonds. The number of nitrogens with one attached hydrogen (secondary N) is 1. The molecule has 1 fully saturated rings. The van der Waals surface area contributed by atoms with E-state index in [1.807, 2.05) is 13.8 Å². The van der Waals surface area contributed by atoms with Gasteiger partial charge in [0.25, 0.3) is 11.8 Å². The second kappa shape index (κ2) is 8.18. The van der Waals surface area contributed by atoms with Gasteiger partial charge < -0.3 is 11.1 Å². The van der Waals surface area contributed by atoms with Gasteiger partial charge in [-0.05, 0) is 43.7 Å². The van der Waals surface area contributed by atoms with Crippen molar-refractivity contribution >= 4 is 30.1 Å². The number of rotatable bonds is 4. The molecule has 1 atom stereocenters. The number of halogens is 1. The average molecular weight is 380 g/mol. The molecule has 1 heterocycles. The number of hydrogen-bond acceptors (Lipinski definition) is 4. The van der Waals surface area contributed by atoms with Gasteiger partial charge in [-0.1, -0.05) is 26.0 Å². The zero-order valence-corrected chi connectivity index (χ0v) is 15.9. The van der Waals surface area contributed by atoms with Crippen LogP contribution in [0.1, 0.15) is 60.2 Å². The van der Waals surface area contributed by atoms with Crippen molar-refractivity contribution in [3.05, 3.63) is 35.4 Å². The van der Waals surface area contributed by atoms with Crippen molar-refractivity contribution in [2.24, 2.45) is 11.7 Å². The lowest BCUT2D eigenvalue weighted by Crippen LogP contribution is -2.54. The molecule has 3 N–H and O–H groups in total. The molecule has 0 spiro atoms. The fraction of sp³-hybridized carbons (Fsp3) is 0.526. The van der Waals surface area contributed by atoms with Crippen LogP contribution in [-0.4, -0.2) is 40.7 Å². The van der Waals surface area contributed by atoms with Crippen molar-refractivity contribution in [3.63, 3.8) is 0 Å². The second-order valence-corrected chi connectivity index (χ2v) is 7.34. The Labute approximate surface area is 159 Å². The van der Waals surface area contributed by atoms with E-state index in [2.05, 4.69) is 5.32 Å². The Bertz CT molecular complexity index is 664. The van der Waals surface area contributed by atoms with Gasteiger partial charge in [-0.15, -0.1) is 12.4 Å². The van der Waals surface area contributed by atoms with Crippen LogP contribution in [0.5, 0.6) is 0 Å². The van der Waals surface area contributed by atoms with Crippen LogP contribution in [0.4, 0.5) is 0 Å². The Hall–Kier alpha value is -1.92. The number of carbonyl (C=O) groups is 3. The number of fused-ring (bicyclic) bond motifs is 1. The molecule has 0 bridgehead atoms. The Morgan fingerprint density at radius 3 is 2.04 bits per heavy atom. The predicted octanol–water partition coefficient (Wildman–Crippen LogP) is 2.12. The fourth-order valence-corrected chi connectivity index (χ4v) is 3.73. The molecule has 6 nitrogen and oxygen atoms in total. The molecule has 26 heavy (non-hydrogen) atoms. The lowest BCUT2D eigenvalue weighted by Gasteiger charge is -2.32. The third-order valence-electron chi connectivity index (χ3n) is 5.12. The summed E-state index contributed by atoms with van der Waals surface area (Å²) in [6.45, 7) is 3.70. The van der Waals surface area contributed by atoms with Crippen LogP contribution in [0, 0.1) is 5.92 Å². The molecule has 0 saturated heterocycles. The summed E-state index contributed by atoms with van der Waals surface area (Å²) in [6, 6.07) is 6.17. The third-order valence-corrected chi connectivity index (χ3v) is 5.12. The zero-order chi connectivity index (χ0) is 18.1. The SMILES string of the molecule is CC(C)C(C(=O)NC1CCC(N)CC1)N1C(=O)c2ccccc2C1=O.Cl. The molecule has 0 radical (unpaired) electrons. The molecular formula is C19H26ClN3O3. The van der Waals surface area contributed by atoms with Gasteiger partial charge >= 0.3 is 0 Å². The summed E-state index contributed by atoms with van der Waals surface area (Å²) in [5, 5.41) is 3.03. The van der Waals surface area contributed by atoms with Crippen molar-refractivity contribution in [1.29, 1.82) is 0 Å². The van der Waals surface area contributed by atoms with Crippen molar-refractivity contribution in [3.8, 4) is 0 Å². The van der Waals surface area contributed by atoms with Crippen LogP contribution in [0.15, 0.2) is 24.3 Å². The standard InChI is InChI=1S/C19H25N3O3.ClH/c1-11(2)16(17(23)21-13-9-7-12(20)8-10-13)22-18(24)14-5-3-4-6-15(14)19(22)25;/h3-6,11-13,16H,7-10,20H2,1-2H3,(H,21,23);1H. The molecule has 7 heteroatoms. The van der Waals surface area contributed by atoms with E-state index in [1.165, 1.54) is 0 Å². The number of amides is 3. The highest BCUT2D eigenvalue weighted by Gasteiger charge is 2.44. The van der Waals surface area contributed by atoms with Crippen molar-refractivity contribution in [1.82, 2.24) is 10.2 Å². The Morgan fingerprint density at radius 1 is 1.08 bits per heavy atom. The van der Waals surface area contributed by atoms with Crippen LogP contribution >= 0.6 is 12.4 Å². The van der Waals surface area contributed by atoms with Crippen molar-refractivity contribution in [2.75, 3.05) is 0 Å². The predicted molar refractivity (Wildman–Crippen MR) is 101 cm³/mol. The molecule has 1 aromatic rings. The average Bonchev–Trinajstić information content (AvgIpc) is 2.83. The highest BCUT2D eigenvalue weighted by molar-refractivity contribution is 6.22. The van der Waals surface area contributed by atoms with E-state index in [0.717, 1.165) is 30.6 Å². The summed E-state index contributed by atoms with van der Waals surface area (Å²) in [7, 11) is 0. The smallest absolute Gasteiger partial charge is 0.262 e. The van der Waals surface area contributed by atoms with Gasteiger partial charge in [-0.2, -0.15) is 0 Å². The Balaban J connectivity index is 0.00000243. The van der Waals surface area contributed by atoms with Gasteiger partial charge in [0, 0.05) is 12.1 Å². The van der Waals surface area contributed by atoms with Crippen LogP contribution in [-0.2, 0) is 4.79 Å². The summed E-state index contributed by atoms with van der Waals surface area (Å²) in [4.78, 5) is 39.4. The quantitative estimate of drug-likeness (QED) is 0.783. The van der Waals surface area contributed by atoms with Gasteiger partial charge in [0.15, 0.2) is 0 Å². The highest BCUT2D eigenvalue weighted by Crippen LogP contribution is 2.27. The number of imide groups is 1. The summed E-state index contributed by atoms with van der Waals surface area (Å²) in [5.41, 5.74) is 6.65. The van der Waals surface area contributed by atoms with E-state index in [1.54, 1.807) is 24.3 Å². The normalized spacial score (nSPS) is 23.5. The fourth-order valence-electron chi connectivity index (χ4n) is 3.73. The lowest BCUT2D eigenvalue weighted by molar-refractivity contribution is -0.127. The first-order chi connectivity index (χ1) is 11.9. The summed E-state index contributed by atoms with van der Waals surface area (Å²) >= 11 is 0. The maximum atomic E-state index is 12.9. The number of benzene rings is 1. The molecule has 1 aliphatic heterocycles. The van der Waals surface area contributed by atoms with E-state index < -0.39 is 6.04 Å². The molecule has 1 unspecified atom stereocenters. The maximum absolute atomic E-state index is 12.9. The first-order valence-electron chi connectivity index (χ1n) is 8.93. The minimum Gasteiger partial charge on any atom is -0.352 e. The van der Waals surface area contributed by atoms with Gasteiger partial charge in [-0.3, -0.25) is 19.3 Å². The number of hydrogen-bond donors (Lipinski definition) is 2. The maximum Gasteiger partial charge on any atom is 0.262 e. The first kappa shape index (κ1) is 20.4. The molecule has 3 rings (SSSR count). The monoisotopic (exact) mass is 379 g/mol. The summed E-state index contributed by atoms with van der Waals surface area (Å²) in [5.74, 6) is -1.21. The highest BCUT2D eigenvalue weighted by atomic mass is 35.5. The van der Waals surface area contributed by atoms with Gasteiger partial charge in [0.05, 0.1) is 11.1 Å². The van der Waals surface area contributed by atoms with Crippen molar-refractivity contribution < 1.29 is 14.4 Å². The second-order valence-electron chi connectivity index (χ2n) is 7.34. The van der Waals surface area contributed by atoms with Crippen LogP contribution in [0.2, 0.25) is 0 Å². The van der Waals surface area contributed by atoms with Crippen molar-refractivity contribution in [2.45, 2.75) is 57.7 Å². The van der Waals surface area contributed by atoms with Crippen LogP contribution in [0.3, 0.4) is 0 Å². The first-order valence-corrected chi connectivity index (χ1v) is 8.93. The minimum atomic E-state index is -0.803. The molecular weight excluding hydrogens is 354 g/mol. The Morgan fingerprint density at radius 2 is 1.58 bits per heavy atom. The largest absolute Gasteiger partial charge is 0.352 e. The van der Waals surface area contributed by atoms with Gasteiger partial charge in [0.2, 0.25) is 5.91 Å². The van der Waals surface area contributed by atoms with Crippen LogP contribution < -0.4 is 11.1 Å². The molecule has 1 saturated carbocycles. The molecule has 1 aliphatic carbocycles. The topological polar surface area (TPSA) is 92.5 Å². The number of nitrogens with zero attached hydrogens (tertiary/aromatic N) is 1. The summed E-state index contributed by atoms with van der Waals surface area (Å²) < 4.78 is 0. The third kappa shape index (κ3) is 3.76. The molecule has 0 aromatic heterocycles. The zero-order valence-electron chi connectivity index (χ0n) is 15.1. The van der Waals surface area contributed by atoms with Gasteiger partial charge in [0.1, 0.15) is 6.04 Å². The number of carbonyl (C=O) groups excluding carboxylic acids is 3. The van der Waals surface area contributed by atoms with E-state index in [4.69, 9.17) is 5.73 Å². The molecule has 1 aromatic carbocycles. The van der Waals surface area contributed by atoms with E-state index >= 15 is 0 Å². The lowest BCUT2D eigenvalue weighted by atomic mass is 9.91. The molecule has 2 aliphatic rings. The van der Waals surface area contributed by atoms with Gasteiger partial charge in [-0.25, -0.2) is 0 Å².